The number of aliphatic hydroxyl groups is 1. The number of nitrogens with two attached hydrogens (primary N) is 1. The molecule has 0 amide bonds. The zero-order valence-electron chi connectivity index (χ0n) is 18.1. The Bertz CT molecular complexity index is 1130. The van der Waals surface area contributed by atoms with Crippen molar-refractivity contribution in [1.82, 2.24) is 0 Å². The Hall–Kier alpha value is -2.80. The topological polar surface area (TPSA) is 97.5 Å². The predicted octanol–water partition coefficient (Wildman–Crippen LogP) is 4.21. The summed E-state index contributed by atoms with van der Waals surface area (Å²) in [4.78, 5) is 13.7. The molecule has 0 aliphatic heterocycles. The molecule has 0 radical (unpaired) electrons. The second-order valence-corrected chi connectivity index (χ2v) is 9.81. The molecule has 0 heterocycles. The molecule has 3 aromatic rings. The van der Waals surface area contributed by atoms with Gasteiger partial charge in [0.25, 0.3) is 0 Å². The summed E-state index contributed by atoms with van der Waals surface area (Å²) in [6, 6.07) is 26.3. The molecule has 0 aliphatic rings. The summed E-state index contributed by atoms with van der Waals surface area (Å²) in [5, 5.41) is 14.8. The van der Waals surface area contributed by atoms with Crippen LogP contribution in [0.5, 0.6) is 0 Å². The van der Waals surface area contributed by atoms with Crippen LogP contribution >= 0.6 is 0 Å². The first-order chi connectivity index (χ1) is 15.3. The van der Waals surface area contributed by atoms with Crippen molar-refractivity contribution in [2.45, 2.75) is 31.4 Å². The Balaban J connectivity index is 2.00. The lowest BCUT2D eigenvalue weighted by molar-refractivity contribution is 0.0591. The molecule has 3 N–H and O–H groups in total. The van der Waals surface area contributed by atoms with E-state index in [1.165, 1.54) is 0 Å². The van der Waals surface area contributed by atoms with E-state index in [4.69, 9.17) is 5.14 Å². The van der Waals surface area contributed by atoms with E-state index in [2.05, 4.69) is 0 Å². The average molecular weight is 452 g/mol. The van der Waals surface area contributed by atoms with Crippen LogP contribution in [-0.4, -0.2) is 31.2 Å². The number of carbonyl (C=O) groups excluding carboxylic acids is 1. The first-order valence-corrected chi connectivity index (χ1v) is 12.3. The highest BCUT2D eigenvalue weighted by Gasteiger charge is 2.49. The van der Waals surface area contributed by atoms with E-state index in [-0.39, 0.29) is 12.8 Å². The highest BCUT2D eigenvalue weighted by Crippen LogP contribution is 2.37. The van der Waals surface area contributed by atoms with E-state index in [9.17, 15) is 18.3 Å². The van der Waals surface area contributed by atoms with E-state index >= 15 is 0 Å². The van der Waals surface area contributed by atoms with E-state index in [0.29, 0.717) is 12.0 Å². The molecule has 6 heteroatoms. The lowest BCUT2D eigenvalue weighted by atomic mass is 9.72. The van der Waals surface area contributed by atoms with Crippen molar-refractivity contribution in [2.24, 2.45) is 10.6 Å². The van der Waals surface area contributed by atoms with Gasteiger partial charge < -0.3 is 5.11 Å². The highest BCUT2D eigenvalue weighted by molar-refractivity contribution is 7.89. The molecule has 2 unspecified atom stereocenters. The van der Waals surface area contributed by atoms with Gasteiger partial charge in [-0.3, -0.25) is 4.79 Å². The number of aryl methyl sites for hydroxylation is 1. The number of benzene rings is 3. The number of rotatable bonds is 10. The van der Waals surface area contributed by atoms with Gasteiger partial charge in [-0.25, -0.2) is 13.6 Å². The normalized spacial score (nSPS) is 14.5. The van der Waals surface area contributed by atoms with Gasteiger partial charge in [-0.05, 0) is 36.0 Å². The van der Waals surface area contributed by atoms with Gasteiger partial charge >= 0.3 is 0 Å². The van der Waals surface area contributed by atoms with Crippen LogP contribution in [0.2, 0.25) is 0 Å². The number of sulfonamides is 1. The quantitative estimate of drug-likeness (QED) is 0.451. The number of Topliss-reactive ketones (excluding diaryl/α,β-unsaturated/α-hetero) is 1. The third kappa shape index (κ3) is 5.15. The third-order valence-corrected chi connectivity index (χ3v) is 7.65. The van der Waals surface area contributed by atoms with Crippen molar-refractivity contribution in [3.63, 3.8) is 0 Å². The Labute approximate surface area is 190 Å². The maximum Gasteiger partial charge on any atom is 0.213 e. The van der Waals surface area contributed by atoms with Gasteiger partial charge in [-0.2, -0.15) is 0 Å². The number of hydrogen-bond acceptors (Lipinski definition) is 4. The van der Waals surface area contributed by atoms with Crippen LogP contribution in [0.15, 0.2) is 84.9 Å². The van der Waals surface area contributed by atoms with E-state index in [0.717, 1.165) is 16.7 Å². The molecule has 32 heavy (non-hydrogen) atoms. The minimum absolute atomic E-state index is 0.127. The zero-order chi connectivity index (χ0) is 23.2. The lowest BCUT2D eigenvalue weighted by Gasteiger charge is -2.36. The van der Waals surface area contributed by atoms with Crippen LogP contribution in [0.4, 0.5) is 0 Å². The van der Waals surface area contributed by atoms with Crippen LogP contribution in [0.3, 0.4) is 0 Å². The fraction of sp³-hybridized carbons (Fsp3) is 0.269. The smallest absolute Gasteiger partial charge is 0.213 e. The molecule has 0 saturated carbocycles. The Morgan fingerprint density at radius 2 is 1.44 bits per heavy atom. The van der Waals surface area contributed by atoms with Gasteiger partial charge in [0.05, 0.1) is 17.3 Å². The fourth-order valence-electron chi connectivity index (χ4n) is 4.36. The second kappa shape index (κ2) is 10.2. The second-order valence-electron chi connectivity index (χ2n) is 8.06. The summed E-state index contributed by atoms with van der Waals surface area (Å²) in [7, 11) is -4.07. The van der Waals surface area contributed by atoms with Crippen LogP contribution < -0.4 is 5.14 Å². The predicted molar refractivity (Wildman–Crippen MR) is 128 cm³/mol. The summed E-state index contributed by atoms with van der Waals surface area (Å²) in [6.45, 7) is 1.07. The summed E-state index contributed by atoms with van der Waals surface area (Å²) >= 11 is 0. The van der Waals surface area contributed by atoms with Crippen molar-refractivity contribution in [1.29, 1.82) is 0 Å². The van der Waals surface area contributed by atoms with Crippen molar-refractivity contribution in [3.8, 4) is 11.1 Å². The maximum absolute atomic E-state index is 13.7. The first kappa shape index (κ1) is 23.9. The van der Waals surface area contributed by atoms with E-state index < -0.39 is 33.1 Å². The Morgan fingerprint density at radius 3 is 1.94 bits per heavy atom. The van der Waals surface area contributed by atoms with Crippen LogP contribution in [0, 0.1) is 5.41 Å². The SMILES string of the molecule is CCC(C(CO)(CCc1ccccc1)C(=O)c1ccc(-c2ccccc2)cc1)S(N)(=O)=O. The number of hydrogen-bond donors (Lipinski definition) is 2. The Morgan fingerprint density at radius 1 is 0.906 bits per heavy atom. The zero-order valence-corrected chi connectivity index (χ0v) is 19.0. The molecule has 0 aliphatic carbocycles. The largest absolute Gasteiger partial charge is 0.395 e. The maximum atomic E-state index is 13.7. The van der Waals surface area contributed by atoms with Gasteiger partial charge in [0.1, 0.15) is 0 Å². The molecule has 0 fully saturated rings. The Kier molecular flexibility index (Phi) is 7.61. The number of carbonyl (C=O) groups is 1. The highest BCUT2D eigenvalue weighted by atomic mass is 32.2. The fourth-order valence-corrected chi connectivity index (χ4v) is 5.75. The average Bonchev–Trinajstić information content (AvgIpc) is 2.82. The molecule has 0 aromatic heterocycles. The molecule has 2 atom stereocenters. The lowest BCUT2D eigenvalue weighted by Crippen LogP contribution is -2.51. The van der Waals surface area contributed by atoms with Gasteiger partial charge in [0.15, 0.2) is 5.78 Å². The molecule has 0 saturated heterocycles. The van der Waals surface area contributed by atoms with Crippen LogP contribution in [0.1, 0.15) is 35.7 Å². The summed E-state index contributed by atoms with van der Waals surface area (Å²) in [5.74, 6) is -0.406. The van der Waals surface area contributed by atoms with Gasteiger partial charge in [-0.1, -0.05) is 91.9 Å². The van der Waals surface area contributed by atoms with E-state index in [1.807, 2.05) is 72.8 Å². The number of primary sulfonamides is 1. The molecular weight excluding hydrogens is 422 g/mol. The molecule has 3 rings (SSSR count). The summed E-state index contributed by atoms with van der Waals surface area (Å²) in [6.07, 6.45) is 0.741. The minimum atomic E-state index is -4.07. The molecular formula is C26H29NO4S. The van der Waals surface area contributed by atoms with Gasteiger partial charge in [-0.15, -0.1) is 0 Å². The van der Waals surface area contributed by atoms with Crippen molar-refractivity contribution >= 4 is 15.8 Å². The van der Waals surface area contributed by atoms with Gasteiger partial charge in [0, 0.05) is 5.56 Å². The van der Waals surface area contributed by atoms with Gasteiger partial charge in [0.2, 0.25) is 10.0 Å². The standard InChI is InChI=1S/C26H29NO4S/c1-2-24(32(27,30)31)26(19-28,18-17-20-9-5-3-6-10-20)25(29)23-15-13-22(14-16-23)21-11-7-4-8-12-21/h3-16,24,28H,2,17-19H2,1H3,(H2,27,30,31). The first-order valence-electron chi connectivity index (χ1n) is 10.7. The van der Waals surface area contributed by atoms with Crippen molar-refractivity contribution in [2.75, 3.05) is 6.61 Å². The third-order valence-electron chi connectivity index (χ3n) is 6.07. The molecule has 0 bridgehead atoms. The number of ketones is 1. The summed E-state index contributed by atoms with van der Waals surface area (Å²) in [5.41, 5.74) is 1.74. The number of aliphatic hydroxyl groups excluding tert-OH is 1. The molecule has 3 aromatic carbocycles. The monoisotopic (exact) mass is 451 g/mol. The summed E-state index contributed by atoms with van der Waals surface area (Å²) < 4.78 is 24.9. The molecule has 0 spiro atoms. The van der Waals surface area contributed by atoms with Crippen molar-refractivity contribution < 1.29 is 18.3 Å². The molecule has 5 nitrogen and oxygen atoms in total. The molecule has 168 valence electrons. The van der Waals surface area contributed by atoms with Crippen molar-refractivity contribution in [3.05, 3.63) is 96.1 Å². The minimum Gasteiger partial charge on any atom is -0.395 e. The van der Waals surface area contributed by atoms with Crippen LogP contribution in [-0.2, 0) is 16.4 Å². The van der Waals surface area contributed by atoms with Crippen LogP contribution in [0.25, 0.3) is 11.1 Å². The van der Waals surface area contributed by atoms with E-state index in [1.54, 1.807) is 19.1 Å².